The highest BCUT2D eigenvalue weighted by molar-refractivity contribution is 5.68. The molecular formula is C17H24N2O3. The molecule has 1 aromatic heterocycles. The molecule has 2 aliphatic rings. The fraction of sp³-hybridized carbons (Fsp3) is 0.647. The third-order valence-corrected chi connectivity index (χ3v) is 4.80. The molecule has 1 spiro atoms. The molecule has 1 aliphatic carbocycles. The lowest BCUT2D eigenvalue weighted by atomic mass is 9.78. The summed E-state index contributed by atoms with van der Waals surface area (Å²) < 4.78 is 6.31. The lowest BCUT2D eigenvalue weighted by molar-refractivity contribution is -0.605. The minimum Gasteiger partial charge on any atom is -0.619 e. The average molecular weight is 304 g/mol. The minimum absolute atomic E-state index is 0.233. The van der Waals surface area contributed by atoms with Crippen molar-refractivity contribution < 1.29 is 14.3 Å². The van der Waals surface area contributed by atoms with Crippen LogP contribution in [0, 0.1) is 10.6 Å². The maximum atomic E-state index is 12.3. The van der Waals surface area contributed by atoms with Crippen LogP contribution in [0.15, 0.2) is 24.5 Å². The molecule has 0 aromatic carbocycles. The summed E-state index contributed by atoms with van der Waals surface area (Å²) in [4.78, 5) is 14.1. The average Bonchev–Trinajstić information content (AvgIpc) is 3.19. The van der Waals surface area contributed by atoms with E-state index in [1.165, 1.54) is 25.2 Å². The van der Waals surface area contributed by atoms with E-state index in [-0.39, 0.29) is 6.09 Å². The molecule has 0 radical (unpaired) electrons. The van der Waals surface area contributed by atoms with E-state index in [1.54, 1.807) is 0 Å². The standard InChI is InChI=1S/C17H24N2O3/c1-16(2,3)22-15(20)18-11-8-17(6-7-17)14(12-18)13-4-9-19(21)10-5-13/h4-5,9-10,14H,6-8,11-12H2,1-3H3. The number of carbonyl (C=O) groups is 1. The summed E-state index contributed by atoms with van der Waals surface area (Å²) in [5.41, 5.74) is 1.01. The maximum absolute atomic E-state index is 12.3. The van der Waals surface area contributed by atoms with Gasteiger partial charge in [0.1, 0.15) is 5.60 Å². The fourth-order valence-corrected chi connectivity index (χ4v) is 3.40. The molecule has 3 rings (SSSR count). The largest absolute Gasteiger partial charge is 0.619 e. The first-order valence-corrected chi connectivity index (χ1v) is 7.96. The van der Waals surface area contributed by atoms with Crippen molar-refractivity contribution in [3.63, 3.8) is 0 Å². The summed E-state index contributed by atoms with van der Waals surface area (Å²) in [5, 5.41) is 11.2. The number of piperidine rings is 1. The van der Waals surface area contributed by atoms with Gasteiger partial charge in [-0.1, -0.05) is 0 Å². The van der Waals surface area contributed by atoms with Crippen LogP contribution in [-0.4, -0.2) is 29.7 Å². The summed E-state index contributed by atoms with van der Waals surface area (Å²) in [6.07, 6.45) is 6.29. The predicted molar refractivity (Wildman–Crippen MR) is 82.2 cm³/mol. The summed E-state index contributed by atoms with van der Waals surface area (Å²) in [5.74, 6) is 0.301. The lowest BCUT2D eigenvalue weighted by Gasteiger charge is -2.39. The molecule has 0 N–H and O–H groups in total. The first-order chi connectivity index (χ1) is 10.3. The van der Waals surface area contributed by atoms with Crippen molar-refractivity contribution in [2.75, 3.05) is 13.1 Å². The Labute approximate surface area is 131 Å². The Hall–Kier alpha value is -1.78. The van der Waals surface area contributed by atoms with E-state index in [1.807, 2.05) is 37.8 Å². The number of pyridine rings is 1. The Kier molecular flexibility index (Phi) is 3.54. The summed E-state index contributed by atoms with van der Waals surface area (Å²) in [7, 11) is 0. The highest BCUT2D eigenvalue weighted by Gasteiger charge is 2.53. The van der Waals surface area contributed by atoms with Crippen LogP contribution in [0.2, 0.25) is 0 Å². The molecule has 5 heteroatoms. The molecule has 22 heavy (non-hydrogen) atoms. The van der Waals surface area contributed by atoms with E-state index in [2.05, 4.69) is 0 Å². The molecule has 1 amide bonds. The van der Waals surface area contributed by atoms with E-state index < -0.39 is 5.60 Å². The van der Waals surface area contributed by atoms with Gasteiger partial charge >= 0.3 is 6.09 Å². The smallest absolute Gasteiger partial charge is 0.410 e. The van der Waals surface area contributed by atoms with Crippen LogP contribution in [0.3, 0.4) is 0 Å². The van der Waals surface area contributed by atoms with Gasteiger partial charge in [-0.25, -0.2) is 4.79 Å². The lowest BCUT2D eigenvalue weighted by Crippen LogP contribution is -2.45. The van der Waals surface area contributed by atoms with Gasteiger partial charge in [0.05, 0.1) is 0 Å². The molecule has 0 bridgehead atoms. The van der Waals surface area contributed by atoms with Gasteiger partial charge in [0.25, 0.3) is 0 Å². The Balaban J connectivity index is 1.76. The van der Waals surface area contributed by atoms with Crippen molar-refractivity contribution in [3.05, 3.63) is 35.3 Å². The van der Waals surface area contributed by atoms with Crippen LogP contribution in [0.4, 0.5) is 4.79 Å². The predicted octanol–water partition coefficient (Wildman–Crippen LogP) is 2.82. The van der Waals surface area contributed by atoms with Gasteiger partial charge < -0.3 is 14.8 Å². The van der Waals surface area contributed by atoms with Crippen molar-refractivity contribution in [1.29, 1.82) is 0 Å². The van der Waals surface area contributed by atoms with Crippen molar-refractivity contribution in [2.24, 2.45) is 5.41 Å². The van der Waals surface area contributed by atoms with E-state index in [0.717, 1.165) is 23.3 Å². The van der Waals surface area contributed by atoms with Gasteiger partial charge in [-0.2, -0.15) is 4.73 Å². The molecule has 2 heterocycles. The molecule has 1 saturated heterocycles. The monoisotopic (exact) mass is 304 g/mol. The van der Waals surface area contributed by atoms with Gasteiger partial charge in [-0.05, 0) is 51.0 Å². The quantitative estimate of drug-likeness (QED) is 0.592. The van der Waals surface area contributed by atoms with E-state index in [9.17, 15) is 10.0 Å². The molecular weight excluding hydrogens is 280 g/mol. The molecule has 1 aliphatic heterocycles. The molecule has 5 nitrogen and oxygen atoms in total. The molecule has 120 valence electrons. The fourth-order valence-electron chi connectivity index (χ4n) is 3.40. The Bertz CT molecular complexity index is 558. The number of aromatic nitrogens is 1. The van der Waals surface area contributed by atoms with E-state index in [4.69, 9.17) is 4.74 Å². The molecule has 2 fully saturated rings. The van der Waals surface area contributed by atoms with Crippen LogP contribution in [0.5, 0.6) is 0 Å². The molecule has 1 unspecified atom stereocenters. The Morgan fingerprint density at radius 3 is 2.50 bits per heavy atom. The number of nitrogens with zero attached hydrogens (tertiary/aromatic N) is 2. The number of carbonyl (C=O) groups excluding carboxylic acids is 1. The number of likely N-dealkylation sites (tertiary alicyclic amines) is 1. The Morgan fingerprint density at radius 2 is 1.95 bits per heavy atom. The number of rotatable bonds is 1. The normalized spacial score (nSPS) is 23.4. The SMILES string of the molecule is CC(C)(C)OC(=O)N1CCC2(CC2)C(c2cc[n+]([O-])cc2)C1. The van der Waals surface area contributed by atoms with Gasteiger partial charge in [0, 0.05) is 31.1 Å². The van der Waals surface area contributed by atoms with Crippen molar-refractivity contribution in [2.45, 2.75) is 51.6 Å². The maximum Gasteiger partial charge on any atom is 0.410 e. The zero-order chi connectivity index (χ0) is 16.0. The van der Waals surface area contributed by atoms with Gasteiger partial charge in [0.15, 0.2) is 12.4 Å². The highest BCUT2D eigenvalue weighted by atomic mass is 16.6. The zero-order valence-corrected chi connectivity index (χ0v) is 13.5. The molecule has 1 atom stereocenters. The number of hydrogen-bond donors (Lipinski definition) is 0. The molecule has 1 saturated carbocycles. The number of amides is 1. The van der Waals surface area contributed by atoms with Crippen molar-refractivity contribution in [1.82, 2.24) is 4.90 Å². The number of ether oxygens (including phenoxy) is 1. The highest BCUT2D eigenvalue weighted by Crippen LogP contribution is 2.60. The first-order valence-electron chi connectivity index (χ1n) is 7.96. The number of hydrogen-bond acceptors (Lipinski definition) is 3. The summed E-state index contributed by atoms with van der Waals surface area (Å²) in [6, 6.07) is 3.77. The topological polar surface area (TPSA) is 56.5 Å². The van der Waals surface area contributed by atoms with Crippen LogP contribution in [0.25, 0.3) is 0 Å². The summed E-state index contributed by atoms with van der Waals surface area (Å²) in [6.45, 7) is 7.11. The van der Waals surface area contributed by atoms with E-state index >= 15 is 0 Å². The van der Waals surface area contributed by atoms with Gasteiger partial charge in [-0.3, -0.25) is 0 Å². The van der Waals surface area contributed by atoms with Crippen LogP contribution in [-0.2, 0) is 4.74 Å². The van der Waals surface area contributed by atoms with Crippen molar-refractivity contribution >= 4 is 6.09 Å². The third-order valence-electron chi connectivity index (χ3n) is 4.80. The van der Waals surface area contributed by atoms with Crippen LogP contribution < -0.4 is 4.73 Å². The third kappa shape index (κ3) is 3.03. The molecule has 1 aromatic rings. The zero-order valence-electron chi connectivity index (χ0n) is 13.5. The van der Waals surface area contributed by atoms with Crippen LogP contribution >= 0.6 is 0 Å². The van der Waals surface area contributed by atoms with Gasteiger partial charge in [0.2, 0.25) is 0 Å². The first kappa shape index (κ1) is 15.1. The van der Waals surface area contributed by atoms with E-state index in [0.29, 0.717) is 17.9 Å². The second kappa shape index (κ2) is 5.14. The second-order valence-corrected chi connectivity index (χ2v) is 7.58. The van der Waals surface area contributed by atoms with Crippen molar-refractivity contribution in [3.8, 4) is 0 Å². The van der Waals surface area contributed by atoms with Crippen LogP contribution in [0.1, 0.15) is 51.5 Å². The second-order valence-electron chi connectivity index (χ2n) is 7.58. The summed E-state index contributed by atoms with van der Waals surface area (Å²) >= 11 is 0. The minimum atomic E-state index is -0.470. The Morgan fingerprint density at radius 1 is 1.32 bits per heavy atom. The van der Waals surface area contributed by atoms with Gasteiger partial charge in [-0.15, -0.1) is 0 Å².